The molecule has 0 aliphatic carbocycles. The lowest BCUT2D eigenvalue weighted by atomic mass is 10.1. The first-order chi connectivity index (χ1) is 12.4. The summed E-state index contributed by atoms with van der Waals surface area (Å²) in [5.41, 5.74) is 2.26. The predicted molar refractivity (Wildman–Crippen MR) is 103 cm³/mol. The van der Waals surface area contributed by atoms with Gasteiger partial charge in [-0.3, -0.25) is 14.8 Å². The molecule has 0 spiro atoms. The number of hydrogen-bond donors (Lipinski definition) is 1. The summed E-state index contributed by atoms with van der Waals surface area (Å²) in [6.07, 6.45) is 0. The van der Waals surface area contributed by atoms with Gasteiger partial charge in [0.05, 0.1) is 10.2 Å². The molecule has 2 heterocycles. The van der Waals surface area contributed by atoms with Crippen LogP contribution in [0.2, 0.25) is 5.02 Å². The number of nitrogens with zero attached hydrogens (tertiary/aromatic N) is 3. The van der Waals surface area contributed by atoms with E-state index < -0.39 is 0 Å². The van der Waals surface area contributed by atoms with E-state index in [1.807, 2.05) is 18.7 Å². The number of halogens is 3. The van der Waals surface area contributed by atoms with Crippen LogP contribution in [0.5, 0.6) is 0 Å². The summed E-state index contributed by atoms with van der Waals surface area (Å²) < 4.78 is 13.9. The van der Waals surface area contributed by atoms with Crippen LogP contribution in [0.15, 0.2) is 22.7 Å². The van der Waals surface area contributed by atoms with Gasteiger partial charge in [0.15, 0.2) is 5.69 Å². The van der Waals surface area contributed by atoms with Crippen LogP contribution in [0.3, 0.4) is 0 Å². The first-order valence-electron chi connectivity index (χ1n) is 8.56. The minimum Gasteiger partial charge on any atom is -0.335 e. The van der Waals surface area contributed by atoms with Crippen LogP contribution in [0, 0.1) is 5.82 Å². The Morgan fingerprint density at radius 2 is 2.04 bits per heavy atom. The zero-order chi connectivity index (χ0) is 18.8. The third kappa shape index (κ3) is 4.10. The number of carbonyl (C=O) groups excluding carboxylic acids is 1. The zero-order valence-corrected chi connectivity index (χ0v) is 17.1. The van der Waals surface area contributed by atoms with Gasteiger partial charge in [-0.15, -0.1) is 0 Å². The molecule has 1 aromatic heterocycles. The van der Waals surface area contributed by atoms with Crippen LogP contribution in [-0.4, -0.2) is 52.1 Å². The normalized spacial score (nSPS) is 15.7. The zero-order valence-electron chi connectivity index (χ0n) is 14.7. The fourth-order valence-corrected chi connectivity index (χ4v) is 4.05. The molecule has 2 aromatic rings. The number of amides is 1. The van der Waals surface area contributed by atoms with Crippen molar-refractivity contribution in [3.05, 3.63) is 50.5 Å². The van der Waals surface area contributed by atoms with Gasteiger partial charge in [-0.25, -0.2) is 4.39 Å². The monoisotopic (exact) mass is 442 g/mol. The van der Waals surface area contributed by atoms with E-state index in [-0.39, 0.29) is 17.6 Å². The largest absolute Gasteiger partial charge is 0.335 e. The van der Waals surface area contributed by atoms with Gasteiger partial charge in [-0.05, 0) is 39.5 Å². The van der Waals surface area contributed by atoms with Gasteiger partial charge in [-0.1, -0.05) is 31.5 Å². The molecule has 8 heteroatoms. The number of piperazine rings is 1. The van der Waals surface area contributed by atoms with E-state index in [1.54, 1.807) is 6.07 Å². The molecule has 0 saturated carbocycles. The number of benzene rings is 1. The highest BCUT2D eigenvalue weighted by atomic mass is 79.9. The summed E-state index contributed by atoms with van der Waals surface area (Å²) in [5.74, 6) is -0.144. The molecular weight excluding hydrogens is 423 g/mol. The van der Waals surface area contributed by atoms with E-state index in [9.17, 15) is 9.18 Å². The van der Waals surface area contributed by atoms with Crippen molar-refractivity contribution in [1.29, 1.82) is 0 Å². The van der Waals surface area contributed by atoms with Gasteiger partial charge in [0, 0.05) is 37.7 Å². The molecule has 3 rings (SSSR count). The maximum absolute atomic E-state index is 13.2. The third-order valence-corrected chi connectivity index (χ3v) is 5.74. The summed E-state index contributed by atoms with van der Waals surface area (Å²) in [6, 6.07) is 4.46. The summed E-state index contributed by atoms with van der Waals surface area (Å²) in [4.78, 5) is 16.8. The van der Waals surface area contributed by atoms with Crippen molar-refractivity contribution in [2.45, 2.75) is 26.3 Å². The van der Waals surface area contributed by atoms with Gasteiger partial charge in [0.2, 0.25) is 0 Å². The number of aromatic nitrogens is 2. The molecule has 0 bridgehead atoms. The summed E-state index contributed by atoms with van der Waals surface area (Å²) in [5, 5.41) is 7.57. The molecule has 5 nitrogen and oxygen atoms in total. The Morgan fingerprint density at radius 3 is 2.62 bits per heavy atom. The second-order valence-corrected chi connectivity index (χ2v) is 7.96. The smallest absolute Gasteiger partial charge is 0.275 e. The Morgan fingerprint density at radius 1 is 1.35 bits per heavy atom. The van der Waals surface area contributed by atoms with Crippen molar-refractivity contribution in [1.82, 2.24) is 20.0 Å². The molecule has 1 aliphatic rings. The molecule has 26 heavy (non-hydrogen) atoms. The van der Waals surface area contributed by atoms with E-state index in [0.29, 0.717) is 30.4 Å². The van der Waals surface area contributed by atoms with Crippen LogP contribution in [0.25, 0.3) is 0 Å². The highest BCUT2D eigenvalue weighted by molar-refractivity contribution is 9.10. The molecule has 1 aromatic carbocycles. The molecule has 0 atom stereocenters. The summed E-state index contributed by atoms with van der Waals surface area (Å²) >= 11 is 9.60. The van der Waals surface area contributed by atoms with E-state index >= 15 is 0 Å². The summed E-state index contributed by atoms with van der Waals surface area (Å²) in [6.45, 7) is 7.45. The average Bonchev–Trinajstić information content (AvgIpc) is 2.99. The van der Waals surface area contributed by atoms with Gasteiger partial charge < -0.3 is 4.90 Å². The van der Waals surface area contributed by atoms with Crippen LogP contribution in [0.1, 0.15) is 41.5 Å². The second-order valence-electron chi connectivity index (χ2n) is 6.76. The van der Waals surface area contributed by atoms with Crippen LogP contribution >= 0.6 is 27.5 Å². The Balaban J connectivity index is 1.60. The highest BCUT2D eigenvalue weighted by Gasteiger charge is 2.27. The first kappa shape index (κ1) is 19.3. The quantitative estimate of drug-likeness (QED) is 0.776. The van der Waals surface area contributed by atoms with Crippen molar-refractivity contribution >= 4 is 33.4 Å². The van der Waals surface area contributed by atoms with Crippen molar-refractivity contribution < 1.29 is 9.18 Å². The SMILES string of the molecule is CC(C)c1[nH]nc(C(=O)N2CCN(Cc3ccc(F)cc3Cl)CC2)c1Br. The predicted octanol–water partition coefficient (Wildman–Crippen LogP) is 4.05. The van der Waals surface area contributed by atoms with Gasteiger partial charge in [-0.2, -0.15) is 5.10 Å². The molecule has 1 aliphatic heterocycles. The number of hydrogen-bond acceptors (Lipinski definition) is 3. The first-order valence-corrected chi connectivity index (χ1v) is 9.73. The van der Waals surface area contributed by atoms with E-state index in [1.165, 1.54) is 12.1 Å². The van der Waals surface area contributed by atoms with Crippen molar-refractivity contribution in [2.24, 2.45) is 0 Å². The minimum absolute atomic E-state index is 0.0699. The maximum Gasteiger partial charge on any atom is 0.275 e. The molecule has 0 radical (unpaired) electrons. The van der Waals surface area contributed by atoms with E-state index in [2.05, 4.69) is 31.0 Å². The Bertz CT molecular complexity index is 802. The van der Waals surface area contributed by atoms with Crippen molar-refractivity contribution in [3.8, 4) is 0 Å². The number of rotatable bonds is 4. The fourth-order valence-electron chi connectivity index (χ4n) is 3.02. The highest BCUT2D eigenvalue weighted by Crippen LogP contribution is 2.27. The average molecular weight is 444 g/mol. The fraction of sp³-hybridized carbons (Fsp3) is 0.444. The lowest BCUT2D eigenvalue weighted by Crippen LogP contribution is -2.48. The lowest BCUT2D eigenvalue weighted by Gasteiger charge is -2.34. The Hall–Kier alpha value is -1.44. The lowest BCUT2D eigenvalue weighted by molar-refractivity contribution is 0.0621. The molecule has 1 saturated heterocycles. The molecule has 1 N–H and O–H groups in total. The van der Waals surface area contributed by atoms with Crippen LogP contribution in [-0.2, 0) is 6.54 Å². The Labute approximate surface area is 165 Å². The molecule has 0 unspecified atom stereocenters. The molecule has 1 amide bonds. The maximum atomic E-state index is 13.2. The topological polar surface area (TPSA) is 52.2 Å². The van der Waals surface area contributed by atoms with E-state index in [0.717, 1.165) is 28.8 Å². The van der Waals surface area contributed by atoms with Crippen molar-refractivity contribution in [2.75, 3.05) is 26.2 Å². The number of H-pyrrole nitrogens is 1. The molecule has 140 valence electrons. The van der Waals surface area contributed by atoms with Gasteiger partial charge in [0.1, 0.15) is 5.82 Å². The summed E-state index contributed by atoms with van der Waals surface area (Å²) in [7, 11) is 0. The number of aromatic amines is 1. The number of carbonyl (C=O) groups is 1. The third-order valence-electron chi connectivity index (χ3n) is 4.58. The minimum atomic E-state index is -0.334. The molecule has 1 fully saturated rings. The van der Waals surface area contributed by atoms with Gasteiger partial charge in [0.25, 0.3) is 5.91 Å². The van der Waals surface area contributed by atoms with E-state index in [4.69, 9.17) is 11.6 Å². The Kier molecular flexibility index (Phi) is 5.99. The van der Waals surface area contributed by atoms with Crippen LogP contribution < -0.4 is 0 Å². The number of nitrogens with one attached hydrogen (secondary N) is 1. The molecular formula is C18H21BrClFN4O. The van der Waals surface area contributed by atoms with Gasteiger partial charge >= 0.3 is 0 Å². The standard InChI is InChI=1S/C18H21BrClFN4O/c1-11(2)16-15(19)17(23-22-16)18(26)25-7-5-24(6-8-25)10-12-3-4-13(21)9-14(12)20/h3-4,9,11H,5-8,10H2,1-2H3,(H,22,23). The van der Waals surface area contributed by atoms with Crippen molar-refractivity contribution in [3.63, 3.8) is 0 Å². The second kappa shape index (κ2) is 8.06. The van der Waals surface area contributed by atoms with Crippen LogP contribution in [0.4, 0.5) is 4.39 Å².